The second kappa shape index (κ2) is 16.8. The Morgan fingerprint density at radius 3 is 2.32 bits per heavy atom. The lowest BCUT2D eigenvalue weighted by Crippen LogP contribution is -2.58. The Balaban J connectivity index is 0.797. The van der Waals surface area contributed by atoms with Crippen molar-refractivity contribution >= 4 is 41.0 Å². The van der Waals surface area contributed by atoms with Gasteiger partial charge in [-0.3, -0.25) is 24.1 Å². The quantitative estimate of drug-likeness (QED) is 0.272. The maximum absolute atomic E-state index is 14.0. The highest BCUT2D eigenvalue weighted by Crippen LogP contribution is 2.35. The average molecular weight is 793 g/mol. The van der Waals surface area contributed by atoms with Gasteiger partial charge in [-0.25, -0.2) is 0 Å². The molecule has 3 aromatic rings. The Bertz CT molecular complexity index is 2050. The standard InChI is InChI=1S/C43H49ClN8O5/c44-36-23-34(5-2-30(36)24-45)57-33-6-3-32(4-7-33)52-40(53)12-10-38(43(52)56)51-26-31-22-29(1-8-35(31)42(51)55)21-27-13-17-49(18-14-27)25-28-15-19-50(20-16-28)39-11-9-37(41(46)54)47-48-39/h1-2,5,8-9,11,22-23,27-28,32-33,38H,3-4,6-7,10,12-21,25-26H2,(H2,46,54). The molecule has 3 saturated heterocycles. The first kappa shape index (κ1) is 38.8. The number of nitriles is 1. The van der Waals surface area contributed by atoms with Gasteiger partial charge < -0.3 is 25.2 Å². The van der Waals surface area contributed by atoms with Gasteiger partial charge >= 0.3 is 0 Å². The summed E-state index contributed by atoms with van der Waals surface area (Å²) in [6.45, 7) is 5.51. The smallest absolute Gasteiger partial charge is 0.269 e. The molecule has 1 aromatic heterocycles. The normalized spacial score (nSPS) is 23.8. The summed E-state index contributed by atoms with van der Waals surface area (Å²) in [5.74, 6) is 1.48. The molecule has 1 unspecified atom stereocenters. The molecule has 1 atom stereocenters. The van der Waals surface area contributed by atoms with Crippen molar-refractivity contribution in [2.75, 3.05) is 37.6 Å². The van der Waals surface area contributed by atoms with E-state index in [9.17, 15) is 19.2 Å². The molecule has 1 saturated carbocycles. The van der Waals surface area contributed by atoms with E-state index >= 15 is 0 Å². The molecule has 5 heterocycles. The maximum Gasteiger partial charge on any atom is 0.269 e. The SMILES string of the molecule is N#Cc1ccc(OC2CCC(N3C(=O)CCC(N4Cc5cc(CC6CCN(CC7CCN(c8ccc(C(N)=O)nn8)CC7)CC6)ccc5C4=O)C3=O)CC2)cc1Cl. The summed E-state index contributed by atoms with van der Waals surface area (Å²) >= 11 is 6.19. The maximum atomic E-state index is 14.0. The van der Waals surface area contributed by atoms with Gasteiger partial charge in [0.05, 0.1) is 16.7 Å². The van der Waals surface area contributed by atoms with Crippen LogP contribution in [-0.4, -0.2) is 99.4 Å². The number of hydrogen-bond acceptors (Lipinski definition) is 10. The summed E-state index contributed by atoms with van der Waals surface area (Å²) in [4.78, 5) is 60.2. The van der Waals surface area contributed by atoms with Gasteiger partial charge in [0.1, 0.15) is 17.9 Å². The number of primary amides is 1. The van der Waals surface area contributed by atoms with Gasteiger partial charge in [0.15, 0.2) is 11.5 Å². The third-order valence-electron chi connectivity index (χ3n) is 12.8. The Morgan fingerprint density at radius 2 is 1.63 bits per heavy atom. The minimum Gasteiger partial charge on any atom is -0.490 e. The number of carbonyl (C=O) groups is 4. The molecule has 2 N–H and O–H groups in total. The van der Waals surface area contributed by atoms with Gasteiger partial charge in [0.2, 0.25) is 5.91 Å². The predicted molar refractivity (Wildman–Crippen MR) is 212 cm³/mol. The molecule has 8 rings (SSSR count). The number of halogens is 1. The summed E-state index contributed by atoms with van der Waals surface area (Å²) in [6, 6.07) is 15.8. The van der Waals surface area contributed by atoms with Crippen LogP contribution in [0.5, 0.6) is 5.75 Å². The van der Waals surface area contributed by atoms with Crippen LogP contribution >= 0.6 is 11.6 Å². The molecule has 298 valence electrons. The first-order valence-electron chi connectivity index (χ1n) is 20.4. The number of benzene rings is 2. The zero-order chi connectivity index (χ0) is 39.6. The van der Waals surface area contributed by atoms with Gasteiger partial charge in [-0.15, -0.1) is 10.2 Å². The van der Waals surface area contributed by atoms with Crippen molar-refractivity contribution < 1.29 is 23.9 Å². The number of carbonyl (C=O) groups excluding carboxylic acids is 4. The van der Waals surface area contributed by atoms with Gasteiger partial charge in [-0.05, 0) is 131 Å². The van der Waals surface area contributed by atoms with E-state index in [1.165, 1.54) is 10.5 Å². The van der Waals surface area contributed by atoms with Crippen molar-refractivity contribution in [2.45, 2.75) is 95.4 Å². The largest absolute Gasteiger partial charge is 0.490 e. The first-order valence-corrected chi connectivity index (χ1v) is 20.8. The van der Waals surface area contributed by atoms with E-state index in [-0.39, 0.29) is 42.0 Å². The molecule has 0 radical (unpaired) electrons. The molecule has 14 heteroatoms. The third kappa shape index (κ3) is 8.48. The first-order chi connectivity index (χ1) is 27.6. The Hall–Kier alpha value is -5.06. The molecule has 0 spiro atoms. The molecule has 4 amide bonds. The highest BCUT2D eigenvalue weighted by atomic mass is 35.5. The van der Waals surface area contributed by atoms with E-state index in [0.29, 0.717) is 72.4 Å². The predicted octanol–water partition coefficient (Wildman–Crippen LogP) is 5.14. The number of nitrogens with zero attached hydrogens (tertiary/aromatic N) is 7. The van der Waals surface area contributed by atoms with E-state index < -0.39 is 11.9 Å². The zero-order valence-electron chi connectivity index (χ0n) is 32.2. The van der Waals surface area contributed by atoms with E-state index in [1.54, 1.807) is 29.2 Å². The molecular formula is C43H49ClN8O5. The molecular weight excluding hydrogens is 744 g/mol. The number of imide groups is 1. The molecule has 4 fully saturated rings. The van der Waals surface area contributed by atoms with Crippen molar-refractivity contribution in [1.82, 2.24) is 24.9 Å². The van der Waals surface area contributed by atoms with Crippen LogP contribution in [-0.2, 0) is 22.6 Å². The fourth-order valence-corrected chi connectivity index (χ4v) is 9.76. The summed E-state index contributed by atoms with van der Waals surface area (Å²) < 4.78 is 6.14. The van der Waals surface area contributed by atoms with Crippen molar-refractivity contribution in [2.24, 2.45) is 17.6 Å². The van der Waals surface area contributed by atoms with Crippen LogP contribution in [0.25, 0.3) is 0 Å². The number of likely N-dealkylation sites (tertiary alicyclic amines) is 2. The van der Waals surface area contributed by atoms with Crippen molar-refractivity contribution in [3.8, 4) is 11.8 Å². The van der Waals surface area contributed by atoms with Crippen molar-refractivity contribution in [3.05, 3.63) is 81.5 Å². The number of aromatic nitrogens is 2. The Labute approximate surface area is 338 Å². The monoisotopic (exact) mass is 792 g/mol. The highest BCUT2D eigenvalue weighted by Gasteiger charge is 2.45. The number of ether oxygens (including phenoxy) is 1. The molecule has 5 aliphatic rings. The van der Waals surface area contributed by atoms with Crippen LogP contribution in [0, 0.1) is 23.2 Å². The zero-order valence-corrected chi connectivity index (χ0v) is 32.9. The van der Waals surface area contributed by atoms with Gasteiger partial charge in [-0.1, -0.05) is 23.7 Å². The summed E-state index contributed by atoms with van der Waals surface area (Å²) in [6.07, 6.45) is 8.55. The van der Waals surface area contributed by atoms with Crippen LogP contribution in [0.3, 0.4) is 0 Å². The molecule has 57 heavy (non-hydrogen) atoms. The Kier molecular flexibility index (Phi) is 11.4. The van der Waals surface area contributed by atoms with E-state index in [2.05, 4.69) is 38.2 Å². The minimum atomic E-state index is -0.652. The number of rotatable bonds is 10. The van der Waals surface area contributed by atoms with E-state index in [4.69, 9.17) is 27.3 Å². The number of nitrogens with two attached hydrogens (primary N) is 1. The molecule has 2 aromatic carbocycles. The fraction of sp³-hybridized carbons (Fsp3) is 0.512. The van der Waals surface area contributed by atoms with Crippen molar-refractivity contribution in [1.29, 1.82) is 5.26 Å². The number of fused-ring (bicyclic) bond motifs is 1. The minimum absolute atomic E-state index is 0.0821. The van der Waals surface area contributed by atoms with Gasteiger partial charge in [0.25, 0.3) is 17.7 Å². The molecule has 0 bridgehead atoms. The fourth-order valence-electron chi connectivity index (χ4n) is 9.55. The molecule has 4 aliphatic heterocycles. The highest BCUT2D eigenvalue weighted by molar-refractivity contribution is 6.31. The number of amides is 4. The lowest BCUT2D eigenvalue weighted by atomic mass is 9.88. The van der Waals surface area contributed by atoms with Crippen LogP contribution < -0.4 is 15.4 Å². The van der Waals surface area contributed by atoms with E-state index in [1.807, 2.05) is 12.1 Å². The van der Waals surface area contributed by atoms with Crippen molar-refractivity contribution in [3.63, 3.8) is 0 Å². The summed E-state index contributed by atoms with van der Waals surface area (Å²) in [7, 11) is 0. The Morgan fingerprint density at radius 1 is 0.877 bits per heavy atom. The second-order valence-corrected chi connectivity index (χ2v) is 16.8. The molecule has 13 nitrogen and oxygen atoms in total. The number of hydrogen-bond donors (Lipinski definition) is 1. The van der Waals surface area contributed by atoms with Crippen LogP contribution in [0.4, 0.5) is 5.82 Å². The lowest BCUT2D eigenvalue weighted by molar-refractivity contribution is -0.156. The van der Waals surface area contributed by atoms with Gasteiger partial charge in [0, 0.05) is 50.3 Å². The third-order valence-corrected chi connectivity index (χ3v) is 13.1. The summed E-state index contributed by atoms with van der Waals surface area (Å²) in [5, 5.41) is 17.7. The number of piperidine rings is 3. The summed E-state index contributed by atoms with van der Waals surface area (Å²) in [5.41, 5.74) is 8.73. The average Bonchev–Trinajstić information content (AvgIpc) is 3.54. The van der Waals surface area contributed by atoms with Crippen LogP contribution in [0.2, 0.25) is 5.02 Å². The topological polar surface area (TPSA) is 166 Å². The second-order valence-electron chi connectivity index (χ2n) is 16.4. The number of anilines is 1. The van der Waals surface area contributed by atoms with E-state index in [0.717, 1.165) is 76.2 Å². The molecule has 1 aliphatic carbocycles. The lowest BCUT2D eigenvalue weighted by Gasteiger charge is -2.41. The van der Waals surface area contributed by atoms with Crippen LogP contribution in [0.15, 0.2) is 48.5 Å². The van der Waals surface area contributed by atoms with Gasteiger partial charge in [-0.2, -0.15) is 5.26 Å². The van der Waals surface area contributed by atoms with Crippen LogP contribution in [0.1, 0.15) is 102 Å².